The fourth-order valence-electron chi connectivity index (χ4n) is 2.78. The number of aliphatic hydroxyl groups excluding tert-OH is 1. The van der Waals surface area contributed by atoms with Crippen LogP contribution in [-0.2, 0) is 4.79 Å². The normalized spacial score (nSPS) is 25.3. The van der Waals surface area contributed by atoms with Crippen LogP contribution in [0.15, 0.2) is 0 Å². The SMILES string of the molecule is NCC1(C(=O)NCC(O)C2CC2)CCCCC1. The highest BCUT2D eigenvalue weighted by molar-refractivity contribution is 5.83. The molecule has 2 rings (SSSR count). The van der Waals surface area contributed by atoms with Gasteiger partial charge in [-0.15, -0.1) is 0 Å². The highest BCUT2D eigenvalue weighted by Gasteiger charge is 2.38. The second-order valence-corrected chi connectivity index (χ2v) is 5.66. The molecule has 0 spiro atoms. The highest BCUT2D eigenvalue weighted by atomic mass is 16.3. The van der Waals surface area contributed by atoms with Gasteiger partial charge in [-0.1, -0.05) is 19.3 Å². The number of amides is 1. The molecule has 1 atom stereocenters. The fraction of sp³-hybridized carbons (Fsp3) is 0.923. The first-order chi connectivity index (χ1) is 8.18. The van der Waals surface area contributed by atoms with Crippen molar-refractivity contribution in [3.8, 4) is 0 Å². The van der Waals surface area contributed by atoms with Gasteiger partial charge in [0.2, 0.25) is 5.91 Å². The molecule has 1 unspecified atom stereocenters. The van der Waals surface area contributed by atoms with Gasteiger partial charge >= 0.3 is 0 Å². The van der Waals surface area contributed by atoms with Gasteiger partial charge in [-0.05, 0) is 31.6 Å². The number of aliphatic hydroxyl groups is 1. The molecule has 4 nitrogen and oxygen atoms in total. The molecule has 0 aliphatic heterocycles. The van der Waals surface area contributed by atoms with Crippen molar-refractivity contribution >= 4 is 5.91 Å². The van der Waals surface area contributed by atoms with Crippen LogP contribution in [0.5, 0.6) is 0 Å². The average molecular weight is 240 g/mol. The van der Waals surface area contributed by atoms with Crippen LogP contribution in [0.2, 0.25) is 0 Å². The number of hydrogen-bond acceptors (Lipinski definition) is 3. The molecule has 0 heterocycles. The van der Waals surface area contributed by atoms with Gasteiger partial charge in [-0.3, -0.25) is 4.79 Å². The third-order valence-electron chi connectivity index (χ3n) is 4.32. The molecule has 4 heteroatoms. The molecule has 17 heavy (non-hydrogen) atoms. The Morgan fingerprint density at radius 3 is 2.53 bits per heavy atom. The standard InChI is InChI=1S/C13H24N2O2/c14-9-13(6-2-1-3-7-13)12(17)15-8-11(16)10-4-5-10/h10-11,16H,1-9,14H2,(H,15,17). The molecule has 0 aromatic carbocycles. The average Bonchev–Trinajstić information content (AvgIpc) is 3.20. The maximum absolute atomic E-state index is 12.2. The predicted octanol–water partition coefficient (Wildman–Crippen LogP) is 0.783. The van der Waals surface area contributed by atoms with E-state index in [1.54, 1.807) is 0 Å². The maximum Gasteiger partial charge on any atom is 0.227 e. The summed E-state index contributed by atoms with van der Waals surface area (Å²) in [5, 5.41) is 12.6. The summed E-state index contributed by atoms with van der Waals surface area (Å²) in [5.41, 5.74) is 5.43. The molecular formula is C13H24N2O2. The Morgan fingerprint density at radius 2 is 2.00 bits per heavy atom. The second kappa shape index (κ2) is 5.36. The van der Waals surface area contributed by atoms with Crippen molar-refractivity contribution in [1.29, 1.82) is 0 Å². The van der Waals surface area contributed by atoms with E-state index in [-0.39, 0.29) is 17.4 Å². The summed E-state index contributed by atoms with van der Waals surface area (Å²) in [6, 6.07) is 0. The molecular weight excluding hydrogens is 216 g/mol. The number of nitrogens with one attached hydrogen (secondary N) is 1. The second-order valence-electron chi connectivity index (χ2n) is 5.66. The van der Waals surface area contributed by atoms with E-state index in [4.69, 9.17) is 5.73 Å². The molecule has 98 valence electrons. The summed E-state index contributed by atoms with van der Waals surface area (Å²) in [7, 11) is 0. The Hall–Kier alpha value is -0.610. The summed E-state index contributed by atoms with van der Waals surface area (Å²) >= 11 is 0. The molecule has 1 amide bonds. The quantitative estimate of drug-likeness (QED) is 0.665. The van der Waals surface area contributed by atoms with Gasteiger partial charge in [0.05, 0.1) is 11.5 Å². The summed E-state index contributed by atoms with van der Waals surface area (Å²) in [4.78, 5) is 12.2. The molecule has 2 aliphatic rings. The zero-order valence-electron chi connectivity index (χ0n) is 10.5. The number of rotatable bonds is 5. The topological polar surface area (TPSA) is 75.4 Å². The summed E-state index contributed by atoms with van der Waals surface area (Å²) < 4.78 is 0. The Labute approximate surface area is 103 Å². The van der Waals surface area contributed by atoms with Gasteiger partial charge in [0.25, 0.3) is 0 Å². The molecule has 0 radical (unpaired) electrons. The van der Waals surface area contributed by atoms with Crippen molar-refractivity contribution in [3.05, 3.63) is 0 Å². The van der Waals surface area contributed by atoms with E-state index in [2.05, 4.69) is 5.32 Å². The van der Waals surface area contributed by atoms with Gasteiger partial charge in [0.15, 0.2) is 0 Å². The van der Waals surface area contributed by atoms with Gasteiger partial charge in [-0.25, -0.2) is 0 Å². The number of nitrogens with two attached hydrogens (primary N) is 1. The monoisotopic (exact) mass is 240 g/mol. The third kappa shape index (κ3) is 2.99. The van der Waals surface area contributed by atoms with Crippen LogP contribution < -0.4 is 11.1 Å². The van der Waals surface area contributed by atoms with E-state index in [0.717, 1.165) is 38.5 Å². The Morgan fingerprint density at radius 1 is 1.35 bits per heavy atom. The molecule has 0 aromatic heterocycles. The van der Waals surface area contributed by atoms with Gasteiger partial charge < -0.3 is 16.2 Å². The van der Waals surface area contributed by atoms with Crippen LogP contribution in [0.1, 0.15) is 44.9 Å². The van der Waals surface area contributed by atoms with Gasteiger partial charge in [-0.2, -0.15) is 0 Å². The molecule has 2 aliphatic carbocycles. The predicted molar refractivity (Wildman–Crippen MR) is 66.3 cm³/mol. The third-order valence-corrected chi connectivity index (χ3v) is 4.32. The van der Waals surface area contributed by atoms with E-state index in [9.17, 15) is 9.90 Å². The van der Waals surface area contributed by atoms with Crippen LogP contribution >= 0.6 is 0 Å². The lowest BCUT2D eigenvalue weighted by Gasteiger charge is -2.34. The molecule has 4 N–H and O–H groups in total. The van der Waals surface area contributed by atoms with Crippen molar-refractivity contribution in [2.45, 2.75) is 51.0 Å². The minimum absolute atomic E-state index is 0.0550. The smallest absolute Gasteiger partial charge is 0.227 e. The van der Waals surface area contributed by atoms with Crippen LogP contribution in [0.25, 0.3) is 0 Å². The number of carbonyl (C=O) groups excluding carboxylic acids is 1. The first kappa shape index (κ1) is 12.8. The van der Waals surface area contributed by atoms with Crippen molar-refractivity contribution in [1.82, 2.24) is 5.32 Å². The Kier molecular flexibility index (Phi) is 4.05. The maximum atomic E-state index is 12.2. The van der Waals surface area contributed by atoms with E-state index >= 15 is 0 Å². The van der Waals surface area contributed by atoms with Crippen LogP contribution in [0.3, 0.4) is 0 Å². The minimum atomic E-state index is -0.364. The lowest BCUT2D eigenvalue weighted by Crippen LogP contribution is -2.49. The van der Waals surface area contributed by atoms with Crippen molar-refractivity contribution in [3.63, 3.8) is 0 Å². The van der Waals surface area contributed by atoms with Gasteiger partial charge in [0.1, 0.15) is 0 Å². The van der Waals surface area contributed by atoms with Gasteiger partial charge in [0, 0.05) is 13.1 Å². The minimum Gasteiger partial charge on any atom is -0.391 e. The molecule has 0 aromatic rings. The zero-order chi connectivity index (χ0) is 12.3. The highest BCUT2D eigenvalue weighted by Crippen LogP contribution is 2.36. The summed E-state index contributed by atoms with van der Waals surface area (Å²) in [6.07, 6.45) is 7.02. The van der Waals surface area contributed by atoms with Crippen molar-refractivity contribution in [2.75, 3.05) is 13.1 Å². The zero-order valence-corrected chi connectivity index (χ0v) is 10.5. The molecule has 0 saturated heterocycles. The molecule has 2 fully saturated rings. The van der Waals surface area contributed by atoms with Crippen LogP contribution in [-0.4, -0.2) is 30.2 Å². The van der Waals surface area contributed by atoms with E-state index < -0.39 is 0 Å². The first-order valence-electron chi connectivity index (χ1n) is 6.84. The van der Waals surface area contributed by atoms with Crippen molar-refractivity contribution < 1.29 is 9.90 Å². The van der Waals surface area contributed by atoms with Crippen LogP contribution in [0.4, 0.5) is 0 Å². The van der Waals surface area contributed by atoms with E-state index in [1.165, 1.54) is 6.42 Å². The lowest BCUT2D eigenvalue weighted by molar-refractivity contribution is -0.132. The fourth-order valence-corrected chi connectivity index (χ4v) is 2.78. The van der Waals surface area contributed by atoms with Crippen molar-refractivity contribution in [2.24, 2.45) is 17.1 Å². The number of carbonyl (C=O) groups is 1. The van der Waals surface area contributed by atoms with E-state index in [1.807, 2.05) is 0 Å². The molecule has 2 saturated carbocycles. The van der Waals surface area contributed by atoms with Crippen LogP contribution in [0, 0.1) is 11.3 Å². The Balaban J connectivity index is 1.83. The lowest BCUT2D eigenvalue weighted by atomic mass is 9.73. The van der Waals surface area contributed by atoms with E-state index in [0.29, 0.717) is 19.0 Å². The first-order valence-corrected chi connectivity index (χ1v) is 6.84. The summed E-state index contributed by atoms with van der Waals surface area (Å²) in [5.74, 6) is 0.467. The Bertz CT molecular complexity index is 271. The largest absolute Gasteiger partial charge is 0.391 e. The number of hydrogen-bond donors (Lipinski definition) is 3. The molecule has 0 bridgehead atoms. The summed E-state index contributed by atoms with van der Waals surface area (Å²) in [6.45, 7) is 0.823.